The standard InChI is InChI=1S/C23H23F3N6O/c1-13(2)15-5-7-16(8-6-15)19-9-20(23(24,25)26)32-21(30-19)18(12-29-32)22(33)27-10-17-11-28-31(4)14(17)3/h5-9,11-13H,10H2,1-4H3,(H,27,33). The van der Waals surface area contributed by atoms with E-state index >= 15 is 0 Å². The largest absolute Gasteiger partial charge is 0.433 e. The lowest BCUT2D eigenvalue weighted by atomic mass is 10.0. The highest BCUT2D eigenvalue weighted by atomic mass is 19.4. The number of halogens is 3. The zero-order chi connectivity index (χ0) is 23.9. The van der Waals surface area contributed by atoms with Gasteiger partial charge in [-0.15, -0.1) is 0 Å². The Bertz CT molecular complexity index is 1320. The number of fused-ring (bicyclic) bond motifs is 1. The lowest BCUT2D eigenvalue weighted by Gasteiger charge is -2.12. The monoisotopic (exact) mass is 456 g/mol. The van der Waals surface area contributed by atoms with Crippen LogP contribution in [0.5, 0.6) is 0 Å². The lowest BCUT2D eigenvalue weighted by molar-refractivity contribution is -0.142. The van der Waals surface area contributed by atoms with Gasteiger partial charge < -0.3 is 5.32 Å². The van der Waals surface area contributed by atoms with E-state index in [1.807, 2.05) is 32.9 Å². The second-order valence-electron chi connectivity index (χ2n) is 8.16. The van der Waals surface area contributed by atoms with Gasteiger partial charge in [-0.25, -0.2) is 9.50 Å². The first kappa shape index (κ1) is 22.5. The SMILES string of the molecule is Cc1c(CNC(=O)c2cnn3c(C(F)(F)F)cc(-c4ccc(C(C)C)cc4)nc23)cnn1C. The van der Waals surface area contributed by atoms with Crippen molar-refractivity contribution in [3.05, 3.63) is 70.8 Å². The summed E-state index contributed by atoms with van der Waals surface area (Å²) in [4.78, 5) is 17.2. The van der Waals surface area contributed by atoms with Gasteiger partial charge in [0.25, 0.3) is 5.91 Å². The topological polar surface area (TPSA) is 77.1 Å². The highest BCUT2D eigenvalue weighted by molar-refractivity contribution is 5.99. The Morgan fingerprint density at radius 1 is 1.12 bits per heavy atom. The van der Waals surface area contributed by atoms with E-state index in [1.165, 1.54) is 0 Å². The molecule has 0 fully saturated rings. The first-order valence-electron chi connectivity index (χ1n) is 10.4. The summed E-state index contributed by atoms with van der Waals surface area (Å²) in [5.74, 6) is -0.282. The van der Waals surface area contributed by atoms with Crippen molar-refractivity contribution in [2.24, 2.45) is 7.05 Å². The second kappa shape index (κ2) is 8.34. The molecule has 0 atom stereocenters. The first-order chi connectivity index (χ1) is 15.6. The Balaban J connectivity index is 1.74. The molecular formula is C23H23F3N6O. The first-order valence-corrected chi connectivity index (χ1v) is 10.4. The third kappa shape index (κ3) is 4.33. The molecule has 0 saturated heterocycles. The number of nitrogens with zero attached hydrogens (tertiary/aromatic N) is 5. The molecule has 10 heteroatoms. The average molecular weight is 456 g/mol. The van der Waals surface area contributed by atoms with E-state index in [2.05, 4.69) is 20.5 Å². The third-order valence-electron chi connectivity index (χ3n) is 5.66. The van der Waals surface area contributed by atoms with Gasteiger partial charge >= 0.3 is 6.18 Å². The lowest BCUT2D eigenvalue weighted by Crippen LogP contribution is -2.23. The fourth-order valence-electron chi connectivity index (χ4n) is 3.50. The number of alkyl halides is 3. The minimum absolute atomic E-state index is 0.0392. The van der Waals surface area contributed by atoms with Gasteiger partial charge in [0.1, 0.15) is 5.56 Å². The zero-order valence-electron chi connectivity index (χ0n) is 18.6. The van der Waals surface area contributed by atoms with Gasteiger partial charge in [0.2, 0.25) is 0 Å². The number of hydrogen-bond donors (Lipinski definition) is 1. The van der Waals surface area contributed by atoms with Crippen LogP contribution in [-0.2, 0) is 19.8 Å². The van der Waals surface area contributed by atoms with Crippen LogP contribution in [0.4, 0.5) is 13.2 Å². The van der Waals surface area contributed by atoms with Gasteiger partial charge in [0.05, 0.1) is 18.1 Å². The molecular weight excluding hydrogens is 433 g/mol. The van der Waals surface area contributed by atoms with Crippen LogP contribution in [0.2, 0.25) is 0 Å². The van der Waals surface area contributed by atoms with Crippen molar-refractivity contribution in [3.8, 4) is 11.3 Å². The number of carbonyl (C=O) groups excluding carboxylic acids is 1. The second-order valence-corrected chi connectivity index (χ2v) is 8.16. The van der Waals surface area contributed by atoms with Gasteiger partial charge in [-0.1, -0.05) is 38.1 Å². The molecule has 0 aliphatic rings. The molecule has 0 bridgehead atoms. The van der Waals surface area contributed by atoms with Gasteiger partial charge in [0.15, 0.2) is 11.3 Å². The van der Waals surface area contributed by atoms with Gasteiger partial charge in [-0.3, -0.25) is 9.48 Å². The molecule has 33 heavy (non-hydrogen) atoms. The van der Waals surface area contributed by atoms with Crippen molar-refractivity contribution in [1.82, 2.24) is 29.7 Å². The maximum absolute atomic E-state index is 13.8. The summed E-state index contributed by atoms with van der Waals surface area (Å²) in [6.45, 7) is 6.10. The maximum atomic E-state index is 13.8. The normalized spacial score (nSPS) is 12.0. The van der Waals surface area contributed by atoms with Gasteiger partial charge in [-0.05, 0) is 24.5 Å². The molecule has 0 aliphatic heterocycles. The van der Waals surface area contributed by atoms with E-state index in [1.54, 1.807) is 30.1 Å². The van der Waals surface area contributed by atoms with Crippen LogP contribution in [0.25, 0.3) is 16.9 Å². The predicted molar refractivity (Wildman–Crippen MR) is 117 cm³/mol. The molecule has 1 aromatic carbocycles. The van der Waals surface area contributed by atoms with Crippen LogP contribution < -0.4 is 5.32 Å². The number of hydrogen-bond acceptors (Lipinski definition) is 4. The van der Waals surface area contributed by atoms with Crippen molar-refractivity contribution < 1.29 is 18.0 Å². The van der Waals surface area contributed by atoms with Crippen LogP contribution >= 0.6 is 0 Å². The molecule has 4 aromatic rings. The molecule has 0 saturated carbocycles. The molecule has 1 amide bonds. The van der Waals surface area contributed by atoms with E-state index in [9.17, 15) is 18.0 Å². The van der Waals surface area contributed by atoms with E-state index in [-0.39, 0.29) is 29.4 Å². The number of benzene rings is 1. The van der Waals surface area contributed by atoms with Crippen molar-refractivity contribution in [1.29, 1.82) is 0 Å². The molecule has 0 unspecified atom stereocenters. The van der Waals surface area contributed by atoms with Crippen LogP contribution in [0, 0.1) is 6.92 Å². The van der Waals surface area contributed by atoms with E-state index in [0.717, 1.165) is 29.1 Å². The summed E-state index contributed by atoms with van der Waals surface area (Å²) < 4.78 is 43.8. The fraction of sp³-hybridized carbons (Fsp3) is 0.304. The molecule has 3 aromatic heterocycles. The highest BCUT2D eigenvalue weighted by Crippen LogP contribution is 2.33. The molecule has 3 heterocycles. The van der Waals surface area contributed by atoms with Crippen molar-refractivity contribution in [2.45, 2.75) is 39.4 Å². The van der Waals surface area contributed by atoms with Gasteiger partial charge in [0, 0.05) is 30.4 Å². The zero-order valence-corrected chi connectivity index (χ0v) is 18.6. The van der Waals surface area contributed by atoms with Gasteiger partial charge in [-0.2, -0.15) is 23.4 Å². The van der Waals surface area contributed by atoms with Crippen LogP contribution in [0.1, 0.15) is 52.6 Å². The minimum Gasteiger partial charge on any atom is -0.348 e. The third-order valence-corrected chi connectivity index (χ3v) is 5.66. The number of rotatable bonds is 5. The Morgan fingerprint density at radius 3 is 2.39 bits per heavy atom. The molecule has 0 radical (unpaired) electrons. The van der Waals surface area contributed by atoms with E-state index in [0.29, 0.717) is 10.1 Å². The fourth-order valence-corrected chi connectivity index (χ4v) is 3.50. The summed E-state index contributed by atoms with van der Waals surface area (Å²) in [5, 5.41) is 10.6. The van der Waals surface area contributed by atoms with E-state index < -0.39 is 17.8 Å². The van der Waals surface area contributed by atoms with Crippen molar-refractivity contribution >= 4 is 11.6 Å². The Kier molecular flexibility index (Phi) is 5.69. The minimum atomic E-state index is -4.68. The summed E-state index contributed by atoms with van der Waals surface area (Å²) >= 11 is 0. The quantitative estimate of drug-likeness (QED) is 0.479. The predicted octanol–water partition coefficient (Wildman–Crippen LogP) is 4.51. The number of aryl methyl sites for hydroxylation is 1. The Morgan fingerprint density at radius 2 is 1.82 bits per heavy atom. The maximum Gasteiger partial charge on any atom is 0.433 e. The molecule has 7 nitrogen and oxygen atoms in total. The van der Waals surface area contributed by atoms with Crippen LogP contribution in [0.3, 0.4) is 0 Å². The summed E-state index contributed by atoms with van der Waals surface area (Å²) in [6, 6.07) is 8.13. The average Bonchev–Trinajstić information content (AvgIpc) is 3.34. The highest BCUT2D eigenvalue weighted by Gasteiger charge is 2.36. The van der Waals surface area contributed by atoms with Crippen molar-refractivity contribution in [3.63, 3.8) is 0 Å². The smallest absolute Gasteiger partial charge is 0.348 e. The Labute approximate surface area is 188 Å². The molecule has 4 rings (SSSR count). The summed E-state index contributed by atoms with van der Waals surface area (Å²) in [7, 11) is 1.78. The number of amides is 1. The van der Waals surface area contributed by atoms with Crippen LogP contribution in [-0.4, -0.2) is 30.3 Å². The van der Waals surface area contributed by atoms with Crippen LogP contribution in [0.15, 0.2) is 42.7 Å². The van der Waals surface area contributed by atoms with Crippen molar-refractivity contribution in [2.75, 3.05) is 0 Å². The van der Waals surface area contributed by atoms with E-state index in [4.69, 9.17) is 0 Å². The number of nitrogens with one attached hydrogen (secondary N) is 1. The molecule has 1 N–H and O–H groups in total. The summed E-state index contributed by atoms with van der Waals surface area (Å²) in [5.41, 5.74) is 2.17. The number of aromatic nitrogens is 5. The summed E-state index contributed by atoms with van der Waals surface area (Å²) in [6.07, 6.45) is -1.94. The molecule has 0 spiro atoms. The molecule has 0 aliphatic carbocycles. The number of carbonyl (C=O) groups is 1. The Hall–Kier alpha value is -3.69. The molecule has 172 valence electrons.